The first kappa shape index (κ1) is 72.6. The summed E-state index contributed by atoms with van der Waals surface area (Å²) in [6.45, 7) is 6.67. The largest absolute Gasteiger partial charge is 0.462 e. The molecule has 0 radical (unpaired) electrons. The zero-order valence-corrected chi connectivity index (χ0v) is 50.6. The second-order valence-electron chi connectivity index (χ2n) is 22.7. The molecule has 440 valence electrons. The Hall–Kier alpha value is -2.37. The molecule has 0 heterocycles. The molecule has 0 rings (SSSR count). The molecule has 6 heteroatoms. The predicted octanol–water partition coefficient (Wildman–Crippen LogP) is 22.8. The van der Waals surface area contributed by atoms with E-state index in [1.54, 1.807) is 0 Å². The maximum Gasteiger partial charge on any atom is 0.306 e. The summed E-state index contributed by atoms with van der Waals surface area (Å²) in [5.41, 5.74) is 0. The molecule has 0 amide bonds. The lowest BCUT2D eigenvalue weighted by atomic mass is 10.0. The standard InChI is InChI=1S/C69H128O6/c1-4-7-10-13-16-19-22-25-28-31-33-34-36-39-41-44-47-50-53-56-59-62-68(71)74-65-66(75-69(72)63-60-57-54-51-48-45-42-37-30-27-24-21-18-15-12-9-6-3)64-73-67(70)61-58-55-52-49-46-43-40-38-35-32-29-26-23-20-17-14-11-8-5-2/h18,21,25,27-28,30,66H,4-17,19-20,22-24,26,29,31-65H2,1-3H3/b21-18-,28-25-,30-27-/t66-/m0/s1. The van der Waals surface area contributed by atoms with Gasteiger partial charge < -0.3 is 14.2 Å². The third-order valence-corrected chi connectivity index (χ3v) is 15.1. The van der Waals surface area contributed by atoms with Crippen LogP contribution in [0.1, 0.15) is 367 Å². The Balaban J connectivity index is 4.32. The maximum atomic E-state index is 12.9. The van der Waals surface area contributed by atoms with Crippen molar-refractivity contribution < 1.29 is 28.6 Å². The fourth-order valence-electron chi connectivity index (χ4n) is 10.1. The van der Waals surface area contributed by atoms with Gasteiger partial charge in [0.15, 0.2) is 6.10 Å². The molecule has 75 heavy (non-hydrogen) atoms. The van der Waals surface area contributed by atoms with Gasteiger partial charge in [0, 0.05) is 19.3 Å². The van der Waals surface area contributed by atoms with E-state index in [0.29, 0.717) is 19.3 Å². The number of unbranched alkanes of at least 4 members (excludes halogenated alkanes) is 45. The van der Waals surface area contributed by atoms with Crippen molar-refractivity contribution in [3.05, 3.63) is 36.5 Å². The van der Waals surface area contributed by atoms with Gasteiger partial charge in [0.2, 0.25) is 0 Å². The van der Waals surface area contributed by atoms with E-state index in [0.717, 1.165) is 70.6 Å². The molecule has 1 atom stereocenters. The monoisotopic (exact) mass is 1050 g/mol. The van der Waals surface area contributed by atoms with E-state index in [1.165, 1.54) is 257 Å². The van der Waals surface area contributed by atoms with Crippen molar-refractivity contribution in [3.8, 4) is 0 Å². The van der Waals surface area contributed by atoms with Crippen LogP contribution in [0.15, 0.2) is 36.5 Å². The lowest BCUT2D eigenvalue weighted by Crippen LogP contribution is -2.30. The van der Waals surface area contributed by atoms with Gasteiger partial charge in [0.25, 0.3) is 0 Å². The molecule has 0 N–H and O–H groups in total. The van der Waals surface area contributed by atoms with Crippen LogP contribution in [-0.2, 0) is 28.6 Å². The van der Waals surface area contributed by atoms with E-state index >= 15 is 0 Å². The number of esters is 3. The van der Waals surface area contributed by atoms with Gasteiger partial charge in [0.05, 0.1) is 0 Å². The first-order chi connectivity index (χ1) is 37.0. The summed E-state index contributed by atoms with van der Waals surface area (Å²) < 4.78 is 17.0. The molecular weight excluding hydrogens is 925 g/mol. The minimum absolute atomic E-state index is 0.0708. The average molecular weight is 1050 g/mol. The summed E-state index contributed by atoms with van der Waals surface area (Å²) in [5.74, 6) is -0.853. The second-order valence-corrected chi connectivity index (χ2v) is 22.7. The van der Waals surface area contributed by atoms with E-state index in [9.17, 15) is 14.4 Å². The number of carbonyl (C=O) groups is 3. The smallest absolute Gasteiger partial charge is 0.306 e. The van der Waals surface area contributed by atoms with Crippen molar-refractivity contribution in [2.75, 3.05) is 13.2 Å². The van der Waals surface area contributed by atoms with Gasteiger partial charge in [-0.3, -0.25) is 14.4 Å². The molecule has 0 saturated carbocycles. The van der Waals surface area contributed by atoms with Crippen LogP contribution in [0.2, 0.25) is 0 Å². The summed E-state index contributed by atoms with van der Waals surface area (Å²) in [6, 6.07) is 0. The first-order valence-electron chi connectivity index (χ1n) is 33.5. The van der Waals surface area contributed by atoms with Crippen LogP contribution in [0, 0.1) is 0 Å². The van der Waals surface area contributed by atoms with Crippen molar-refractivity contribution in [2.24, 2.45) is 0 Å². The third kappa shape index (κ3) is 62.4. The minimum Gasteiger partial charge on any atom is -0.462 e. The zero-order chi connectivity index (χ0) is 54.3. The van der Waals surface area contributed by atoms with Gasteiger partial charge >= 0.3 is 17.9 Å². The Bertz CT molecular complexity index is 1250. The molecule has 0 aliphatic carbocycles. The summed E-state index contributed by atoms with van der Waals surface area (Å²) in [6.07, 6.45) is 78.6. The highest BCUT2D eigenvalue weighted by Crippen LogP contribution is 2.18. The van der Waals surface area contributed by atoms with Crippen LogP contribution in [0.4, 0.5) is 0 Å². The van der Waals surface area contributed by atoms with Crippen molar-refractivity contribution in [1.29, 1.82) is 0 Å². The van der Waals surface area contributed by atoms with Gasteiger partial charge in [-0.15, -0.1) is 0 Å². The minimum atomic E-state index is -0.775. The van der Waals surface area contributed by atoms with Gasteiger partial charge in [-0.25, -0.2) is 0 Å². The second kappa shape index (κ2) is 64.2. The average Bonchev–Trinajstić information content (AvgIpc) is 3.41. The summed E-state index contributed by atoms with van der Waals surface area (Å²) in [5, 5.41) is 0. The Morgan fingerprint density at radius 1 is 0.267 bits per heavy atom. The number of hydrogen-bond donors (Lipinski definition) is 0. The van der Waals surface area contributed by atoms with E-state index in [2.05, 4.69) is 57.2 Å². The fraction of sp³-hybridized carbons (Fsp3) is 0.870. The normalized spacial score (nSPS) is 12.2. The van der Waals surface area contributed by atoms with Crippen LogP contribution < -0.4 is 0 Å². The number of allylic oxidation sites excluding steroid dienone is 6. The molecular formula is C69H128O6. The number of hydrogen-bond acceptors (Lipinski definition) is 6. The highest BCUT2D eigenvalue weighted by atomic mass is 16.6. The summed E-state index contributed by atoms with van der Waals surface area (Å²) in [4.78, 5) is 38.4. The molecule has 0 aromatic heterocycles. The molecule has 0 spiro atoms. The number of ether oxygens (including phenoxy) is 3. The Morgan fingerprint density at radius 2 is 0.480 bits per heavy atom. The van der Waals surface area contributed by atoms with Gasteiger partial charge in [-0.2, -0.15) is 0 Å². The quantitative estimate of drug-likeness (QED) is 0.0261. The first-order valence-corrected chi connectivity index (χ1v) is 33.5. The molecule has 0 aromatic rings. The van der Waals surface area contributed by atoms with Crippen molar-refractivity contribution >= 4 is 17.9 Å². The zero-order valence-electron chi connectivity index (χ0n) is 50.6. The predicted molar refractivity (Wildman–Crippen MR) is 326 cm³/mol. The number of rotatable bonds is 62. The Labute approximate surface area is 467 Å². The molecule has 0 unspecified atom stereocenters. The van der Waals surface area contributed by atoms with Crippen LogP contribution >= 0.6 is 0 Å². The van der Waals surface area contributed by atoms with Crippen LogP contribution in [-0.4, -0.2) is 37.2 Å². The molecule has 0 bridgehead atoms. The van der Waals surface area contributed by atoms with Crippen LogP contribution in [0.3, 0.4) is 0 Å². The van der Waals surface area contributed by atoms with Crippen molar-refractivity contribution in [1.82, 2.24) is 0 Å². The lowest BCUT2D eigenvalue weighted by molar-refractivity contribution is -0.167. The van der Waals surface area contributed by atoms with E-state index < -0.39 is 6.10 Å². The maximum absolute atomic E-state index is 12.9. The highest BCUT2D eigenvalue weighted by molar-refractivity contribution is 5.71. The van der Waals surface area contributed by atoms with Gasteiger partial charge in [0.1, 0.15) is 13.2 Å². The van der Waals surface area contributed by atoms with Crippen LogP contribution in [0.25, 0.3) is 0 Å². The molecule has 0 aliphatic rings. The summed E-state index contributed by atoms with van der Waals surface area (Å²) in [7, 11) is 0. The van der Waals surface area contributed by atoms with Crippen LogP contribution in [0.5, 0.6) is 0 Å². The molecule has 0 aromatic carbocycles. The lowest BCUT2D eigenvalue weighted by Gasteiger charge is -2.18. The highest BCUT2D eigenvalue weighted by Gasteiger charge is 2.19. The Kier molecular flexibility index (Phi) is 62.1. The van der Waals surface area contributed by atoms with E-state index in [1.807, 2.05) is 0 Å². The number of carbonyl (C=O) groups excluding carboxylic acids is 3. The van der Waals surface area contributed by atoms with Gasteiger partial charge in [-0.05, 0) is 77.0 Å². The van der Waals surface area contributed by atoms with E-state index in [-0.39, 0.29) is 31.1 Å². The topological polar surface area (TPSA) is 78.9 Å². The fourth-order valence-corrected chi connectivity index (χ4v) is 10.1. The third-order valence-electron chi connectivity index (χ3n) is 15.1. The van der Waals surface area contributed by atoms with E-state index in [4.69, 9.17) is 14.2 Å². The molecule has 0 aliphatic heterocycles. The van der Waals surface area contributed by atoms with Crippen molar-refractivity contribution in [2.45, 2.75) is 374 Å². The SMILES string of the molecule is CCCCC/C=C\C/C=C\CCCCCCCCCC(=O)O[C@H](COC(=O)CCCCCCCCCCCCC/C=C\CCCCCCCC)COC(=O)CCCCCCCCCCCCCCCCCCCCC. The van der Waals surface area contributed by atoms with Gasteiger partial charge in [-0.1, -0.05) is 308 Å². The molecule has 6 nitrogen and oxygen atoms in total. The van der Waals surface area contributed by atoms with Crippen molar-refractivity contribution in [3.63, 3.8) is 0 Å². The molecule has 0 saturated heterocycles. The Morgan fingerprint density at radius 3 is 0.773 bits per heavy atom. The molecule has 0 fully saturated rings. The summed E-state index contributed by atoms with van der Waals surface area (Å²) >= 11 is 0.